The van der Waals surface area contributed by atoms with Gasteiger partial charge in [-0.15, -0.1) is 11.3 Å². The number of halogens is 2. The summed E-state index contributed by atoms with van der Waals surface area (Å²) in [6, 6.07) is 13.9. The highest BCUT2D eigenvalue weighted by atomic mass is 79.9. The quantitative estimate of drug-likeness (QED) is 0.611. The third kappa shape index (κ3) is 3.02. The first-order valence-corrected chi connectivity index (χ1v) is 8.65. The van der Waals surface area contributed by atoms with Gasteiger partial charge in [-0.3, -0.25) is 0 Å². The van der Waals surface area contributed by atoms with Gasteiger partial charge in [-0.25, -0.2) is 0 Å². The minimum Gasteiger partial charge on any atom is -0.385 e. The van der Waals surface area contributed by atoms with E-state index in [1.54, 1.807) is 11.3 Å². The topological polar surface area (TPSA) is 20.2 Å². The van der Waals surface area contributed by atoms with Gasteiger partial charge in [-0.1, -0.05) is 51.8 Å². The molecule has 3 rings (SSSR count). The largest absolute Gasteiger partial charge is 0.385 e. The van der Waals surface area contributed by atoms with Crippen LogP contribution in [-0.4, -0.2) is 5.11 Å². The lowest BCUT2D eigenvalue weighted by Crippen LogP contribution is -2.24. The van der Waals surface area contributed by atoms with Crippen molar-refractivity contribution in [3.8, 4) is 0 Å². The van der Waals surface area contributed by atoms with E-state index >= 15 is 0 Å². The molecule has 0 aliphatic rings. The Bertz CT molecular complexity index is 794. The Kier molecular flexibility index (Phi) is 4.10. The zero-order chi connectivity index (χ0) is 15.0. The van der Waals surface area contributed by atoms with Gasteiger partial charge in [0.05, 0.1) is 5.60 Å². The first kappa shape index (κ1) is 15.0. The summed E-state index contributed by atoms with van der Waals surface area (Å²) >= 11 is 11.4. The summed E-state index contributed by atoms with van der Waals surface area (Å²) in [6.45, 7) is 1.81. The van der Waals surface area contributed by atoms with Crippen molar-refractivity contribution in [2.24, 2.45) is 0 Å². The van der Waals surface area contributed by atoms with E-state index < -0.39 is 5.60 Å². The van der Waals surface area contributed by atoms with Gasteiger partial charge in [0, 0.05) is 26.2 Å². The number of aliphatic hydroxyl groups is 1. The molecule has 1 heterocycles. The molecule has 1 atom stereocenters. The van der Waals surface area contributed by atoms with Crippen LogP contribution < -0.4 is 0 Å². The fourth-order valence-electron chi connectivity index (χ4n) is 2.56. The average molecular weight is 382 g/mol. The minimum absolute atomic E-state index is 0.540. The summed E-state index contributed by atoms with van der Waals surface area (Å²) in [5.74, 6) is 0. The molecule has 0 aliphatic carbocycles. The molecule has 0 fully saturated rings. The molecule has 1 unspecified atom stereocenters. The summed E-state index contributed by atoms with van der Waals surface area (Å²) in [5, 5.41) is 14.8. The van der Waals surface area contributed by atoms with Crippen molar-refractivity contribution >= 4 is 49.0 Å². The van der Waals surface area contributed by atoms with Crippen molar-refractivity contribution in [1.29, 1.82) is 0 Å². The average Bonchev–Trinajstić information content (AvgIpc) is 2.81. The second-order valence-corrected chi connectivity index (χ2v) is 7.57. The number of hydrogen-bond acceptors (Lipinski definition) is 2. The molecular weight excluding hydrogens is 368 g/mol. The molecular formula is C17H14BrClOS. The Morgan fingerprint density at radius 1 is 1.24 bits per heavy atom. The number of rotatable bonds is 3. The van der Waals surface area contributed by atoms with Crippen LogP contribution in [0.3, 0.4) is 0 Å². The van der Waals surface area contributed by atoms with Crippen LogP contribution in [0.1, 0.15) is 18.1 Å². The highest BCUT2D eigenvalue weighted by Gasteiger charge is 2.27. The van der Waals surface area contributed by atoms with Crippen LogP contribution in [0.2, 0.25) is 5.02 Å². The molecule has 4 heteroatoms. The Morgan fingerprint density at radius 3 is 2.76 bits per heavy atom. The molecule has 1 nitrogen and oxygen atoms in total. The molecule has 0 radical (unpaired) electrons. The van der Waals surface area contributed by atoms with Crippen LogP contribution in [0, 0.1) is 0 Å². The summed E-state index contributed by atoms with van der Waals surface area (Å²) in [5.41, 5.74) is 0.906. The molecule has 0 aliphatic heterocycles. The van der Waals surface area contributed by atoms with E-state index in [0.717, 1.165) is 15.6 Å². The molecule has 0 saturated heterocycles. The smallest absolute Gasteiger partial charge is 0.0923 e. The normalized spacial score (nSPS) is 14.3. The van der Waals surface area contributed by atoms with Gasteiger partial charge in [0.25, 0.3) is 0 Å². The standard InChI is InChI=1S/C17H14BrClOS/c1-17(20,14-7-6-12(18)8-15(14)19)9-11-10-21-16-5-3-2-4-13(11)16/h2-8,10,20H,9H2,1H3. The maximum absolute atomic E-state index is 10.9. The molecule has 3 aromatic rings. The maximum Gasteiger partial charge on any atom is 0.0923 e. The third-order valence-corrected chi connectivity index (χ3v) is 5.43. The highest BCUT2D eigenvalue weighted by Crippen LogP contribution is 2.36. The van der Waals surface area contributed by atoms with E-state index in [-0.39, 0.29) is 0 Å². The van der Waals surface area contributed by atoms with Crippen molar-refractivity contribution in [2.75, 3.05) is 0 Å². The third-order valence-electron chi connectivity index (χ3n) is 3.61. The van der Waals surface area contributed by atoms with Crippen molar-refractivity contribution in [2.45, 2.75) is 18.9 Å². The molecule has 1 aromatic heterocycles. The zero-order valence-electron chi connectivity index (χ0n) is 11.4. The second-order valence-electron chi connectivity index (χ2n) is 5.33. The van der Waals surface area contributed by atoms with E-state index in [9.17, 15) is 5.11 Å². The van der Waals surface area contributed by atoms with Crippen molar-refractivity contribution < 1.29 is 5.11 Å². The minimum atomic E-state index is -0.998. The maximum atomic E-state index is 10.9. The van der Waals surface area contributed by atoms with Gasteiger partial charge < -0.3 is 5.11 Å². The number of benzene rings is 2. The van der Waals surface area contributed by atoms with E-state index in [2.05, 4.69) is 33.4 Å². The van der Waals surface area contributed by atoms with Crippen LogP contribution in [0.5, 0.6) is 0 Å². The van der Waals surface area contributed by atoms with E-state index in [0.29, 0.717) is 11.4 Å². The Morgan fingerprint density at radius 2 is 2.00 bits per heavy atom. The lowest BCUT2D eigenvalue weighted by Gasteiger charge is -2.25. The van der Waals surface area contributed by atoms with Gasteiger partial charge in [0.2, 0.25) is 0 Å². The molecule has 1 N–H and O–H groups in total. The fourth-order valence-corrected chi connectivity index (χ4v) is 4.40. The van der Waals surface area contributed by atoms with Gasteiger partial charge in [0.1, 0.15) is 0 Å². The first-order valence-electron chi connectivity index (χ1n) is 6.60. The van der Waals surface area contributed by atoms with Gasteiger partial charge in [-0.05, 0) is 41.5 Å². The lowest BCUT2D eigenvalue weighted by atomic mass is 9.89. The Labute approximate surface area is 141 Å². The monoisotopic (exact) mass is 380 g/mol. The number of fused-ring (bicyclic) bond motifs is 1. The number of thiophene rings is 1. The first-order chi connectivity index (χ1) is 9.97. The molecule has 0 saturated carbocycles. The molecule has 0 spiro atoms. The summed E-state index contributed by atoms with van der Waals surface area (Å²) in [6.07, 6.45) is 0.540. The van der Waals surface area contributed by atoms with E-state index in [4.69, 9.17) is 11.6 Å². The van der Waals surface area contributed by atoms with Crippen LogP contribution in [0.15, 0.2) is 52.3 Å². The summed E-state index contributed by atoms with van der Waals surface area (Å²) in [7, 11) is 0. The van der Waals surface area contributed by atoms with Crippen LogP contribution in [-0.2, 0) is 12.0 Å². The van der Waals surface area contributed by atoms with Crippen LogP contribution >= 0.6 is 38.9 Å². The Hall–Kier alpha value is -0.870. The van der Waals surface area contributed by atoms with Gasteiger partial charge in [-0.2, -0.15) is 0 Å². The Balaban J connectivity index is 1.99. The predicted molar refractivity (Wildman–Crippen MR) is 94.3 cm³/mol. The molecule has 2 aromatic carbocycles. The van der Waals surface area contributed by atoms with Crippen molar-refractivity contribution in [1.82, 2.24) is 0 Å². The summed E-state index contributed by atoms with van der Waals surface area (Å²) in [4.78, 5) is 0. The zero-order valence-corrected chi connectivity index (χ0v) is 14.6. The SMILES string of the molecule is CC(O)(Cc1csc2ccccc12)c1ccc(Br)cc1Cl. The van der Waals surface area contributed by atoms with E-state index in [1.165, 1.54) is 10.1 Å². The number of hydrogen-bond donors (Lipinski definition) is 1. The predicted octanol–water partition coefficient (Wildman–Crippen LogP) is 5.77. The van der Waals surface area contributed by atoms with Gasteiger partial charge >= 0.3 is 0 Å². The second kappa shape index (κ2) is 5.73. The van der Waals surface area contributed by atoms with Crippen molar-refractivity contribution in [3.05, 3.63) is 68.5 Å². The molecule has 21 heavy (non-hydrogen) atoms. The van der Waals surface area contributed by atoms with Gasteiger partial charge in [0.15, 0.2) is 0 Å². The molecule has 108 valence electrons. The lowest BCUT2D eigenvalue weighted by molar-refractivity contribution is 0.0581. The van der Waals surface area contributed by atoms with Crippen molar-refractivity contribution in [3.63, 3.8) is 0 Å². The van der Waals surface area contributed by atoms with Crippen LogP contribution in [0.25, 0.3) is 10.1 Å². The summed E-state index contributed by atoms with van der Waals surface area (Å²) < 4.78 is 2.15. The molecule has 0 amide bonds. The highest BCUT2D eigenvalue weighted by molar-refractivity contribution is 9.10. The fraction of sp³-hybridized carbons (Fsp3) is 0.176. The molecule has 0 bridgehead atoms. The van der Waals surface area contributed by atoms with Crippen LogP contribution in [0.4, 0.5) is 0 Å². The van der Waals surface area contributed by atoms with E-state index in [1.807, 2.05) is 37.3 Å².